The zero-order chi connectivity index (χ0) is 14.3. The molecule has 3 nitrogen and oxygen atoms in total. The minimum atomic E-state index is -0.298. The summed E-state index contributed by atoms with van der Waals surface area (Å²) in [6.45, 7) is 4.99. The average molecular weight is 279 g/mol. The number of halogens is 1. The maximum atomic E-state index is 13.4. The predicted octanol–water partition coefficient (Wildman–Crippen LogP) is 3.18. The highest BCUT2D eigenvalue weighted by atomic mass is 19.1. The lowest BCUT2D eigenvalue weighted by Gasteiger charge is -2.46. The normalized spacial score (nSPS) is 33.0. The quantitative estimate of drug-likeness (QED) is 0.858. The van der Waals surface area contributed by atoms with Crippen LogP contribution in [0.3, 0.4) is 0 Å². The molecule has 1 fully saturated rings. The van der Waals surface area contributed by atoms with Gasteiger partial charge in [-0.1, -0.05) is 19.9 Å². The number of hydrogen-bond donors (Lipinski definition) is 1. The van der Waals surface area contributed by atoms with Crippen molar-refractivity contribution in [3.63, 3.8) is 0 Å². The number of nitrogens with two attached hydrogens (primary N) is 1. The van der Waals surface area contributed by atoms with Gasteiger partial charge in [-0.3, -0.25) is 0 Å². The van der Waals surface area contributed by atoms with Crippen molar-refractivity contribution < 1.29 is 13.9 Å². The highest BCUT2D eigenvalue weighted by Crippen LogP contribution is 2.45. The van der Waals surface area contributed by atoms with Crippen molar-refractivity contribution in [3.8, 4) is 5.75 Å². The standard InChI is InChI=1S/C16H22FNO2/c1-10(2)15-9-16(5-6-19-15)8-13(18)12-4-3-11(17)7-14(12)20-16/h3-4,7,10,13,15H,5-6,8-9,18H2,1-2H3/t13-,15?,16?/m1/s1. The zero-order valence-electron chi connectivity index (χ0n) is 12.1. The molecular formula is C16H22FNO2. The van der Waals surface area contributed by atoms with Gasteiger partial charge >= 0.3 is 0 Å². The van der Waals surface area contributed by atoms with Crippen LogP contribution in [0.4, 0.5) is 4.39 Å². The van der Waals surface area contributed by atoms with Crippen LogP contribution < -0.4 is 10.5 Å². The van der Waals surface area contributed by atoms with Crippen LogP contribution >= 0.6 is 0 Å². The fourth-order valence-electron chi connectivity index (χ4n) is 3.32. The van der Waals surface area contributed by atoms with Crippen LogP contribution in [0.2, 0.25) is 0 Å². The van der Waals surface area contributed by atoms with Gasteiger partial charge in [0.15, 0.2) is 0 Å². The van der Waals surface area contributed by atoms with Gasteiger partial charge in [0.25, 0.3) is 0 Å². The number of rotatable bonds is 1. The van der Waals surface area contributed by atoms with Gasteiger partial charge in [0.1, 0.15) is 17.2 Å². The molecule has 1 aromatic carbocycles. The Morgan fingerprint density at radius 3 is 2.90 bits per heavy atom. The Balaban J connectivity index is 1.89. The number of fused-ring (bicyclic) bond motifs is 1. The van der Waals surface area contributed by atoms with E-state index in [0.717, 1.165) is 24.8 Å². The van der Waals surface area contributed by atoms with E-state index in [1.807, 2.05) is 0 Å². The smallest absolute Gasteiger partial charge is 0.127 e. The Hall–Kier alpha value is -1.13. The minimum Gasteiger partial charge on any atom is -0.487 e. The summed E-state index contributed by atoms with van der Waals surface area (Å²) in [7, 11) is 0. The predicted molar refractivity (Wildman–Crippen MR) is 75.1 cm³/mol. The molecule has 1 saturated heterocycles. The van der Waals surface area contributed by atoms with E-state index in [0.29, 0.717) is 18.3 Å². The van der Waals surface area contributed by atoms with Crippen LogP contribution in [0.1, 0.15) is 44.7 Å². The molecule has 0 aliphatic carbocycles. The van der Waals surface area contributed by atoms with E-state index in [1.54, 1.807) is 6.07 Å². The van der Waals surface area contributed by atoms with E-state index in [4.69, 9.17) is 15.2 Å². The third kappa shape index (κ3) is 2.42. The van der Waals surface area contributed by atoms with Crippen LogP contribution in [-0.2, 0) is 4.74 Å². The summed E-state index contributed by atoms with van der Waals surface area (Å²) in [6, 6.07) is 4.54. The summed E-state index contributed by atoms with van der Waals surface area (Å²) in [5.74, 6) is 0.773. The lowest BCUT2D eigenvalue weighted by atomic mass is 9.78. The van der Waals surface area contributed by atoms with Gasteiger partial charge in [0.2, 0.25) is 0 Å². The third-order valence-corrected chi connectivity index (χ3v) is 4.50. The van der Waals surface area contributed by atoms with Crippen molar-refractivity contribution in [1.29, 1.82) is 0 Å². The van der Waals surface area contributed by atoms with E-state index in [-0.39, 0.29) is 23.6 Å². The van der Waals surface area contributed by atoms with Gasteiger partial charge in [-0.2, -0.15) is 0 Å². The first-order valence-electron chi connectivity index (χ1n) is 7.35. The molecule has 0 bridgehead atoms. The summed E-state index contributed by atoms with van der Waals surface area (Å²) in [5.41, 5.74) is 6.89. The summed E-state index contributed by atoms with van der Waals surface area (Å²) in [5, 5.41) is 0. The molecule has 2 aliphatic rings. The van der Waals surface area contributed by atoms with Crippen LogP contribution in [0.5, 0.6) is 5.75 Å². The molecule has 20 heavy (non-hydrogen) atoms. The second kappa shape index (κ2) is 5.01. The van der Waals surface area contributed by atoms with Gasteiger partial charge in [-0.05, 0) is 12.0 Å². The van der Waals surface area contributed by atoms with Crippen molar-refractivity contribution in [1.82, 2.24) is 0 Å². The van der Waals surface area contributed by atoms with E-state index < -0.39 is 0 Å². The van der Waals surface area contributed by atoms with Crippen molar-refractivity contribution in [2.45, 2.75) is 50.9 Å². The first-order chi connectivity index (χ1) is 9.49. The molecule has 0 aromatic heterocycles. The van der Waals surface area contributed by atoms with Crippen molar-refractivity contribution in [3.05, 3.63) is 29.6 Å². The monoisotopic (exact) mass is 279 g/mol. The van der Waals surface area contributed by atoms with E-state index in [2.05, 4.69) is 13.8 Å². The lowest BCUT2D eigenvalue weighted by Crippen LogP contribution is -2.50. The Bertz CT molecular complexity index is 505. The largest absolute Gasteiger partial charge is 0.487 e. The number of hydrogen-bond acceptors (Lipinski definition) is 3. The van der Waals surface area contributed by atoms with Crippen LogP contribution in [0.25, 0.3) is 0 Å². The summed E-state index contributed by atoms with van der Waals surface area (Å²) < 4.78 is 25.4. The average Bonchev–Trinajstić information content (AvgIpc) is 2.37. The molecule has 0 amide bonds. The Kier molecular flexibility index (Phi) is 3.46. The highest BCUT2D eigenvalue weighted by molar-refractivity contribution is 5.39. The van der Waals surface area contributed by atoms with E-state index in [1.165, 1.54) is 12.1 Å². The van der Waals surface area contributed by atoms with Gasteiger partial charge in [-0.25, -0.2) is 4.39 Å². The van der Waals surface area contributed by atoms with Gasteiger partial charge in [0.05, 0.1) is 12.7 Å². The molecule has 1 aromatic rings. The third-order valence-electron chi connectivity index (χ3n) is 4.50. The van der Waals surface area contributed by atoms with Crippen LogP contribution in [0.15, 0.2) is 18.2 Å². The topological polar surface area (TPSA) is 44.5 Å². The number of ether oxygens (including phenoxy) is 2. The van der Waals surface area contributed by atoms with Crippen molar-refractivity contribution >= 4 is 0 Å². The molecule has 2 N–H and O–H groups in total. The molecule has 0 radical (unpaired) electrons. The summed E-state index contributed by atoms with van der Waals surface area (Å²) in [6.07, 6.45) is 2.61. The molecule has 3 atom stereocenters. The molecule has 3 rings (SSSR count). The molecule has 4 heteroatoms. The molecule has 110 valence electrons. The van der Waals surface area contributed by atoms with Crippen molar-refractivity contribution in [2.24, 2.45) is 11.7 Å². The fraction of sp³-hybridized carbons (Fsp3) is 0.625. The molecule has 2 unspecified atom stereocenters. The Morgan fingerprint density at radius 2 is 2.15 bits per heavy atom. The van der Waals surface area contributed by atoms with Crippen LogP contribution in [-0.4, -0.2) is 18.3 Å². The number of benzene rings is 1. The molecule has 1 spiro atoms. The molecule has 2 heterocycles. The second-order valence-electron chi connectivity index (χ2n) is 6.39. The molecular weight excluding hydrogens is 257 g/mol. The summed E-state index contributed by atoms with van der Waals surface area (Å²) >= 11 is 0. The lowest BCUT2D eigenvalue weighted by molar-refractivity contribution is -0.115. The minimum absolute atomic E-state index is 0.0923. The van der Waals surface area contributed by atoms with Gasteiger partial charge in [-0.15, -0.1) is 0 Å². The van der Waals surface area contributed by atoms with Crippen LogP contribution in [0, 0.1) is 11.7 Å². The molecule has 2 aliphatic heterocycles. The molecule has 0 saturated carbocycles. The van der Waals surface area contributed by atoms with Gasteiger partial charge < -0.3 is 15.2 Å². The SMILES string of the molecule is CC(C)C1CC2(CCO1)C[C@@H](N)c1ccc(F)cc1O2. The second-order valence-corrected chi connectivity index (χ2v) is 6.39. The summed E-state index contributed by atoms with van der Waals surface area (Å²) in [4.78, 5) is 0. The van der Waals surface area contributed by atoms with E-state index in [9.17, 15) is 4.39 Å². The fourth-order valence-corrected chi connectivity index (χ4v) is 3.32. The maximum Gasteiger partial charge on any atom is 0.127 e. The van der Waals surface area contributed by atoms with E-state index >= 15 is 0 Å². The van der Waals surface area contributed by atoms with Gasteiger partial charge in [0, 0.05) is 36.9 Å². The first kappa shape index (κ1) is 13.8. The highest BCUT2D eigenvalue weighted by Gasteiger charge is 2.44. The first-order valence-corrected chi connectivity index (χ1v) is 7.35. The maximum absolute atomic E-state index is 13.4. The zero-order valence-corrected chi connectivity index (χ0v) is 12.1. The Morgan fingerprint density at radius 1 is 1.35 bits per heavy atom. The Labute approximate surface area is 119 Å². The van der Waals surface area contributed by atoms with Crippen molar-refractivity contribution in [2.75, 3.05) is 6.61 Å².